The van der Waals surface area contributed by atoms with Gasteiger partial charge in [0.1, 0.15) is 5.57 Å². The van der Waals surface area contributed by atoms with Gasteiger partial charge >= 0.3 is 5.97 Å². The van der Waals surface area contributed by atoms with E-state index in [9.17, 15) is 9.59 Å². The molecule has 1 aliphatic carbocycles. The molecular formula is C9H9NO3. The van der Waals surface area contributed by atoms with E-state index >= 15 is 0 Å². The van der Waals surface area contributed by atoms with Crippen molar-refractivity contribution in [1.29, 1.82) is 0 Å². The van der Waals surface area contributed by atoms with Gasteiger partial charge in [-0.2, -0.15) is 0 Å². The van der Waals surface area contributed by atoms with Gasteiger partial charge in [0.2, 0.25) is 0 Å². The predicted octanol–water partition coefficient (Wildman–Crippen LogP) is 0.0735. The fourth-order valence-corrected chi connectivity index (χ4v) is 1.71. The van der Waals surface area contributed by atoms with Crippen molar-refractivity contribution in [2.75, 3.05) is 6.54 Å². The van der Waals surface area contributed by atoms with Crippen LogP contribution in [0.3, 0.4) is 0 Å². The fourth-order valence-electron chi connectivity index (χ4n) is 1.71. The first-order chi connectivity index (χ1) is 6.20. The van der Waals surface area contributed by atoms with Crippen LogP contribution in [0.15, 0.2) is 23.4 Å². The number of allylic oxidation sites excluding steroid dienone is 3. The highest BCUT2D eigenvalue weighted by Crippen LogP contribution is 2.26. The number of carboxylic acid groups (broad SMARTS) is 1. The quantitative estimate of drug-likeness (QED) is 0.559. The molecule has 1 atom stereocenters. The maximum atomic E-state index is 11.5. The molecule has 2 aliphatic rings. The molecule has 1 fully saturated rings. The number of carboxylic acids is 1. The number of carbonyl (C=O) groups excluding carboxylic acids is 1. The van der Waals surface area contributed by atoms with Gasteiger partial charge in [-0.15, -0.1) is 0 Å². The molecule has 1 saturated heterocycles. The smallest absolute Gasteiger partial charge is 0.339 e. The zero-order valence-electron chi connectivity index (χ0n) is 6.91. The number of hydrogen-bond donors (Lipinski definition) is 2. The summed E-state index contributed by atoms with van der Waals surface area (Å²) in [5, 5.41) is 11.7. The van der Waals surface area contributed by atoms with E-state index in [-0.39, 0.29) is 17.3 Å². The zero-order chi connectivity index (χ0) is 9.42. The van der Waals surface area contributed by atoms with Crippen LogP contribution in [0.25, 0.3) is 0 Å². The third-order valence-corrected chi connectivity index (χ3v) is 2.38. The molecule has 0 amide bonds. The minimum atomic E-state index is -1.13. The van der Waals surface area contributed by atoms with Crippen LogP contribution >= 0.6 is 0 Å². The Balaban J connectivity index is 2.36. The van der Waals surface area contributed by atoms with E-state index in [2.05, 4.69) is 5.32 Å². The van der Waals surface area contributed by atoms with Crippen molar-refractivity contribution >= 4 is 11.8 Å². The van der Waals surface area contributed by atoms with Crippen LogP contribution in [0, 0.1) is 5.92 Å². The highest BCUT2D eigenvalue weighted by atomic mass is 16.4. The van der Waals surface area contributed by atoms with Crippen molar-refractivity contribution < 1.29 is 14.7 Å². The molecule has 2 N–H and O–H groups in total. The maximum absolute atomic E-state index is 11.5. The van der Waals surface area contributed by atoms with Gasteiger partial charge in [-0.05, 0) is 18.6 Å². The number of nitrogens with one attached hydrogen (secondary N) is 1. The van der Waals surface area contributed by atoms with Crippen LogP contribution in [-0.4, -0.2) is 23.4 Å². The van der Waals surface area contributed by atoms with E-state index in [1.54, 1.807) is 6.08 Å². The number of carbonyl (C=O) groups is 2. The summed E-state index contributed by atoms with van der Waals surface area (Å²) in [6, 6.07) is 0. The molecule has 0 radical (unpaired) electrons. The van der Waals surface area contributed by atoms with Crippen LogP contribution in [0.4, 0.5) is 0 Å². The number of rotatable bonds is 1. The first kappa shape index (κ1) is 8.04. The molecule has 4 heteroatoms. The number of fused-ring (bicyclic) bond motifs is 1. The standard InChI is InChI=1S/C9H9NO3/c11-8-5-3-4-10-7(5)2-1-6(8)9(12)13/h1-2,5,10H,3-4H2,(H,12,13). The minimum Gasteiger partial charge on any atom is -0.478 e. The summed E-state index contributed by atoms with van der Waals surface area (Å²) in [4.78, 5) is 22.1. The highest BCUT2D eigenvalue weighted by molar-refractivity contribution is 6.19. The lowest BCUT2D eigenvalue weighted by Gasteiger charge is -2.14. The van der Waals surface area contributed by atoms with Gasteiger partial charge in [-0.3, -0.25) is 4.79 Å². The van der Waals surface area contributed by atoms with Gasteiger partial charge < -0.3 is 10.4 Å². The van der Waals surface area contributed by atoms with Gasteiger partial charge in [-0.25, -0.2) is 4.79 Å². The Kier molecular flexibility index (Phi) is 1.69. The summed E-state index contributed by atoms with van der Waals surface area (Å²) in [6.07, 6.45) is 3.76. The van der Waals surface area contributed by atoms with Crippen LogP contribution in [0.2, 0.25) is 0 Å². The van der Waals surface area contributed by atoms with E-state index < -0.39 is 5.97 Å². The topological polar surface area (TPSA) is 66.4 Å². The SMILES string of the molecule is O=C(O)C1=CC=C2NCCC2C1=O. The Labute approximate surface area is 74.9 Å². The maximum Gasteiger partial charge on any atom is 0.339 e. The summed E-state index contributed by atoms with van der Waals surface area (Å²) < 4.78 is 0. The number of ketones is 1. The van der Waals surface area contributed by atoms with Crippen molar-refractivity contribution in [1.82, 2.24) is 5.32 Å². The second kappa shape index (κ2) is 2.73. The molecule has 68 valence electrons. The molecule has 0 bridgehead atoms. The lowest BCUT2D eigenvalue weighted by atomic mass is 9.90. The molecular weight excluding hydrogens is 170 g/mol. The summed E-state index contributed by atoms with van der Waals surface area (Å²) in [5.74, 6) is -1.64. The number of Topliss-reactive ketones (excluding diaryl/α,β-unsaturated/α-hetero) is 1. The van der Waals surface area contributed by atoms with Crippen molar-refractivity contribution in [2.45, 2.75) is 6.42 Å². The molecule has 1 heterocycles. The van der Waals surface area contributed by atoms with Gasteiger partial charge in [0.05, 0.1) is 5.92 Å². The number of hydrogen-bond acceptors (Lipinski definition) is 3. The molecule has 0 aromatic carbocycles. The zero-order valence-corrected chi connectivity index (χ0v) is 6.91. The molecule has 2 rings (SSSR count). The summed E-state index contributed by atoms with van der Waals surface area (Å²) in [6.45, 7) is 0.753. The summed E-state index contributed by atoms with van der Waals surface area (Å²) in [5.41, 5.74) is 0.757. The molecule has 1 aliphatic heterocycles. The van der Waals surface area contributed by atoms with Gasteiger partial charge in [0, 0.05) is 12.2 Å². The van der Waals surface area contributed by atoms with E-state index in [0.29, 0.717) is 6.42 Å². The summed E-state index contributed by atoms with van der Waals surface area (Å²) >= 11 is 0. The van der Waals surface area contributed by atoms with E-state index in [4.69, 9.17) is 5.11 Å². The fraction of sp³-hybridized carbons (Fsp3) is 0.333. The second-order valence-corrected chi connectivity index (χ2v) is 3.14. The average molecular weight is 179 g/mol. The molecule has 0 aromatic rings. The first-order valence-corrected chi connectivity index (χ1v) is 4.13. The van der Waals surface area contributed by atoms with Crippen molar-refractivity contribution in [2.24, 2.45) is 5.92 Å². The highest BCUT2D eigenvalue weighted by Gasteiger charge is 2.34. The monoisotopic (exact) mass is 179 g/mol. The first-order valence-electron chi connectivity index (χ1n) is 4.13. The van der Waals surface area contributed by atoms with Crippen LogP contribution in [0.5, 0.6) is 0 Å². The molecule has 4 nitrogen and oxygen atoms in total. The molecule has 1 unspecified atom stereocenters. The minimum absolute atomic E-state index is 0.0996. The van der Waals surface area contributed by atoms with E-state index in [1.165, 1.54) is 6.08 Å². The molecule has 0 saturated carbocycles. The van der Waals surface area contributed by atoms with Gasteiger partial charge in [0.15, 0.2) is 5.78 Å². The lowest BCUT2D eigenvalue weighted by molar-refractivity contribution is -0.135. The summed E-state index contributed by atoms with van der Waals surface area (Å²) in [7, 11) is 0. The van der Waals surface area contributed by atoms with E-state index in [0.717, 1.165) is 12.2 Å². The molecule has 0 aromatic heterocycles. The Morgan fingerprint density at radius 2 is 2.31 bits per heavy atom. The van der Waals surface area contributed by atoms with Crippen molar-refractivity contribution in [3.8, 4) is 0 Å². The molecule has 13 heavy (non-hydrogen) atoms. The largest absolute Gasteiger partial charge is 0.478 e. The van der Waals surface area contributed by atoms with Crippen LogP contribution in [0.1, 0.15) is 6.42 Å². The number of aliphatic carboxylic acids is 1. The predicted molar refractivity (Wildman–Crippen MR) is 44.9 cm³/mol. The van der Waals surface area contributed by atoms with Gasteiger partial charge in [-0.1, -0.05) is 0 Å². The Hall–Kier alpha value is -1.58. The third kappa shape index (κ3) is 1.14. The van der Waals surface area contributed by atoms with Crippen LogP contribution in [-0.2, 0) is 9.59 Å². The molecule has 0 spiro atoms. The van der Waals surface area contributed by atoms with Crippen LogP contribution < -0.4 is 5.32 Å². The normalized spacial score (nSPS) is 25.8. The Morgan fingerprint density at radius 1 is 1.54 bits per heavy atom. The lowest BCUT2D eigenvalue weighted by Crippen LogP contribution is -2.24. The van der Waals surface area contributed by atoms with Crippen molar-refractivity contribution in [3.05, 3.63) is 23.4 Å². The van der Waals surface area contributed by atoms with Crippen molar-refractivity contribution in [3.63, 3.8) is 0 Å². The third-order valence-electron chi connectivity index (χ3n) is 2.38. The Bertz CT molecular complexity index is 341. The Morgan fingerprint density at radius 3 is 3.00 bits per heavy atom. The van der Waals surface area contributed by atoms with E-state index in [1.807, 2.05) is 0 Å². The average Bonchev–Trinajstić information content (AvgIpc) is 2.52. The van der Waals surface area contributed by atoms with Gasteiger partial charge in [0.25, 0.3) is 0 Å². The second-order valence-electron chi connectivity index (χ2n) is 3.14.